The zero-order valence-corrected chi connectivity index (χ0v) is 12.6. The number of aromatic nitrogens is 1. The van der Waals surface area contributed by atoms with Crippen LogP contribution in [0.1, 0.15) is 27.2 Å². The molecule has 20 heavy (non-hydrogen) atoms. The molecule has 3 heteroatoms. The zero-order chi connectivity index (χ0) is 14.4. The molecule has 1 heterocycles. The van der Waals surface area contributed by atoms with Crippen LogP contribution >= 0.6 is 0 Å². The quantitative estimate of drug-likeness (QED) is 0.781. The van der Waals surface area contributed by atoms with Gasteiger partial charge < -0.3 is 10.1 Å². The number of ether oxygens (including phenoxy) is 1. The van der Waals surface area contributed by atoms with Crippen molar-refractivity contribution < 1.29 is 4.74 Å². The summed E-state index contributed by atoms with van der Waals surface area (Å²) in [5.41, 5.74) is 0.981. The number of rotatable bonds is 7. The highest BCUT2D eigenvalue weighted by Gasteiger charge is 2.16. The molecule has 1 atom stereocenters. The summed E-state index contributed by atoms with van der Waals surface area (Å²) >= 11 is 0. The van der Waals surface area contributed by atoms with E-state index in [0.717, 1.165) is 36.2 Å². The summed E-state index contributed by atoms with van der Waals surface area (Å²) in [6, 6.07) is 10.1. The number of hydrogen-bond acceptors (Lipinski definition) is 3. The topological polar surface area (TPSA) is 34.1 Å². The van der Waals surface area contributed by atoms with E-state index in [0.29, 0.717) is 5.92 Å². The van der Waals surface area contributed by atoms with Crippen molar-refractivity contribution >= 4 is 10.9 Å². The number of pyridine rings is 1. The van der Waals surface area contributed by atoms with Gasteiger partial charge in [0.15, 0.2) is 0 Å². The molecule has 0 amide bonds. The lowest BCUT2D eigenvalue weighted by Gasteiger charge is -2.23. The fourth-order valence-corrected chi connectivity index (χ4v) is 2.18. The Labute approximate surface area is 121 Å². The molecule has 0 saturated heterocycles. The van der Waals surface area contributed by atoms with Crippen LogP contribution in [0.15, 0.2) is 36.5 Å². The summed E-state index contributed by atoms with van der Waals surface area (Å²) in [6.45, 7) is 8.48. The molecule has 3 nitrogen and oxygen atoms in total. The van der Waals surface area contributed by atoms with Crippen molar-refractivity contribution in [2.75, 3.05) is 13.1 Å². The summed E-state index contributed by atoms with van der Waals surface area (Å²) < 4.78 is 6.23. The molecule has 108 valence electrons. The zero-order valence-electron chi connectivity index (χ0n) is 12.6. The summed E-state index contributed by atoms with van der Waals surface area (Å²) in [7, 11) is 0. The maximum atomic E-state index is 6.23. The van der Waals surface area contributed by atoms with Crippen molar-refractivity contribution in [1.82, 2.24) is 10.3 Å². The van der Waals surface area contributed by atoms with E-state index in [2.05, 4.69) is 37.1 Å². The molecule has 1 unspecified atom stereocenters. The molecule has 0 radical (unpaired) electrons. The largest absolute Gasteiger partial charge is 0.488 e. The minimum atomic E-state index is 0.173. The first kappa shape index (κ1) is 14.8. The summed E-state index contributed by atoms with van der Waals surface area (Å²) in [5, 5.41) is 4.52. The normalized spacial score (nSPS) is 12.8. The third-order valence-electron chi connectivity index (χ3n) is 3.40. The van der Waals surface area contributed by atoms with E-state index in [-0.39, 0.29) is 6.10 Å². The smallest absolute Gasteiger partial charge is 0.129 e. The van der Waals surface area contributed by atoms with Crippen molar-refractivity contribution in [3.8, 4) is 5.75 Å². The molecule has 0 bridgehead atoms. The van der Waals surface area contributed by atoms with Crippen LogP contribution in [0.4, 0.5) is 0 Å². The molecule has 0 spiro atoms. The Bertz CT molecular complexity index is 534. The highest BCUT2D eigenvalue weighted by atomic mass is 16.5. The summed E-state index contributed by atoms with van der Waals surface area (Å²) in [6.07, 6.45) is 3.13. The Balaban J connectivity index is 2.15. The first-order chi connectivity index (χ1) is 9.72. The Morgan fingerprint density at radius 1 is 1.20 bits per heavy atom. The van der Waals surface area contributed by atoms with Crippen LogP contribution in [-0.2, 0) is 0 Å². The van der Waals surface area contributed by atoms with Gasteiger partial charge >= 0.3 is 0 Å². The second kappa shape index (κ2) is 7.25. The molecule has 0 aliphatic heterocycles. The van der Waals surface area contributed by atoms with Crippen LogP contribution in [-0.4, -0.2) is 24.2 Å². The molecule has 0 aliphatic carbocycles. The number of hydrogen-bond donors (Lipinski definition) is 1. The minimum absolute atomic E-state index is 0.173. The van der Waals surface area contributed by atoms with Gasteiger partial charge in [-0.1, -0.05) is 26.8 Å². The van der Waals surface area contributed by atoms with Crippen molar-refractivity contribution in [2.24, 2.45) is 5.92 Å². The first-order valence-corrected chi connectivity index (χ1v) is 7.43. The number of fused-ring (bicyclic) bond motifs is 1. The van der Waals surface area contributed by atoms with Gasteiger partial charge in [0.25, 0.3) is 0 Å². The van der Waals surface area contributed by atoms with E-state index in [4.69, 9.17) is 4.74 Å². The third-order valence-corrected chi connectivity index (χ3v) is 3.40. The highest BCUT2D eigenvalue weighted by Crippen LogP contribution is 2.25. The lowest BCUT2D eigenvalue weighted by molar-refractivity contribution is 0.151. The number of benzene rings is 1. The molecular formula is C17H24N2O. The fourth-order valence-electron chi connectivity index (χ4n) is 2.18. The van der Waals surface area contributed by atoms with E-state index >= 15 is 0 Å². The molecule has 1 aromatic heterocycles. The van der Waals surface area contributed by atoms with E-state index in [1.165, 1.54) is 0 Å². The van der Waals surface area contributed by atoms with Gasteiger partial charge in [0.1, 0.15) is 11.9 Å². The van der Waals surface area contributed by atoms with Crippen molar-refractivity contribution in [3.63, 3.8) is 0 Å². The third kappa shape index (κ3) is 3.70. The predicted molar refractivity (Wildman–Crippen MR) is 84.2 cm³/mol. The number of nitrogens with zero attached hydrogens (tertiary/aromatic N) is 1. The van der Waals surface area contributed by atoms with Gasteiger partial charge in [-0.15, -0.1) is 0 Å². The van der Waals surface area contributed by atoms with Gasteiger partial charge in [-0.25, -0.2) is 0 Å². The van der Waals surface area contributed by atoms with Crippen LogP contribution in [0, 0.1) is 5.92 Å². The molecule has 2 rings (SSSR count). The van der Waals surface area contributed by atoms with E-state index in [1.807, 2.05) is 30.5 Å². The monoisotopic (exact) mass is 272 g/mol. The second-order valence-electron chi connectivity index (χ2n) is 5.43. The fraction of sp³-hybridized carbons (Fsp3) is 0.471. The van der Waals surface area contributed by atoms with Crippen LogP contribution in [0.2, 0.25) is 0 Å². The van der Waals surface area contributed by atoms with Crippen molar-refractivity contribution in [1.29, 1.82) is 0 Å². The first-order valence-electron chi connectivity index (χ1n) is 7.43. The molecule has 2 aromatic rings. The maximum Gasteiger partial charge on any atom is 0.129 e. The average molecular weight is 272 g/mol. The highest BCUT2D eigenvalue weighted by molar-refractivity contribution is 5.84. The molecule has 0 aliphatic rings. The van der Waals surface area contributed by atoms with Gasteiger partial charge in [-0.2, -0.15) is 0 Å². The molecular weight excluding hydrogens is 248 g/mol. The Morgan fingerprint density at radius 3 is 2.80 bits per heavy atom. The second-order valence-corrected chi connectivity index (χ2v) is 5.43. The Morgan fingerprint density at radius 2 is 2.05 bits per heavy atom. The van der Waals surface area contributed by atoms with Gasteiger partial charge in [0, 0.05) is 18.1 Å². The molecule has 0 saturated carbocycles. The van der Waals surface area contributed by atoms with Gasteiger partial charge in [-0.3, -0.25) is 4.98 Å². The van der Waals surface area contributed by atoms with Crippen LogP contribution in [0.3, 0.4) is 0 Å². The lowest BCUT2D eigenvalue weighted by Crippen LogP contribution is -2.35. The van der Waals surface area contributed by atoms with Crippen LogP contribution < -0.4 is 10.1 Å². The number of nitrogens with one attached hydrogen (secondary N) is 1. The molecule has 0 fully saturated rings. The molecule has 1 N–H and O–H groups in total. The SMILES string of the molecule is CCCNCC(Oc1cccc2ncccc12)C(C)C. The van der Waals surface area contributed by atoms with Gasteiger partial charge in [-0.05, 0) is 43.1 Å². The van der Waals surface area contributed by atoms with E-state index in [1.54, 1.807) is 0 Å². The van der Waals surface area contributed by atoms with Gasteiger partial charge in [0.2, 0.25) is 0 Å². The Hall–Kier alpha value is -1.61. The van der Waals surface area contributed by atoms with Crippen molar-refractivity contribution in [2.45, 2.75) is 33.3 Å². The standard InChI is InChI=1S/C17H24N2O/c1-4-10-18-12-17(13(2)3)20-16-9-5-8-15-14(16)7-6-11-19-15/h5-9,11,13,17-18H,4,10,12H2,1-3H3. The van der Waals surface area contributed by atoms with Crippen LogP contribution in [0.5, 0.6) is 5.75 Å². The van der Waals surface area contributed by atoms with Gasteiger partial charge in [0.05, 0.1) is 5.52 Å². The summed E-state index contributed by atoms with van der Waals surface area (Å²) in [4.78, 5) is 4.37. The lowest BCUT2D eigenvalue weighted by atomic mass is 10.1. The average Bonchev–Trinajstić information content (AvgIpc) is 2.46. The Kier molecular flexibility index (Phi) is 5.36. The van der Waals surface area contributed by atoms with Crippen LogP contribution in [0.25, 0.3) is 10.9 Å². The summed E-state index contributed by atoms with van der Waals surface area (Å²) in [5.74, 6) is 1.39. The molecule has 1 aromatic carbocycles. The predicted octanol–water partition coefficient (Wildman–Crippen LogP) is 3.64. The maximum absolute atomic E-state index is 6.23. The van der Waals surface area contributed by atoms with Crippen molar-refractivity contribution in [3.05, 3.63) is 36.5 Å². The van der Waals surface area contributed by atoms with E-state index in [9.17, 15) is 0 Å². The van der Waals surface area contributed by atoms with E-state index < -0.39 is 0 Å². The minimum Gasteiger partial charge on any atom is -0.488 e.